The number of alkyl halides is 1. The van der Waals surface area contributed by atoms with Gasteiger partial charge in [-0.15, -0.1) is 0 Å². The predicted molar refractivity (Wildman–Crippen MR) is 95.2 cm³/mol. The molecule has 2 fully saturated rings. The lowest BCUT2D eigenvalue weighted by atomic mass is 9.92. The highest BCUT2D eigenvalue weighted by atomic mass is 32.2. The van der Waals surface area contributed by atoms with E-state index in [0.29, 0.717) is 6.41 Å². The maximum atomic E-state index is 15.1. The Morgan fingerprint density at radius 1 is 1.22 bits per heavy atom. The highest BCUT2D eigenvalue weighted by Gasteiger charge is 2.56. The van der Waals surface area contributed by atoms with Crippen molar-refractivity contribution in [1.82, 2.24) is 9.62 Å². The number of fused-ring (bicyclic) bond motifs is 1. The maximum Gasteiger partial charge on any atom is 0.210 e. The second-order valence-electron chi connectivity index (χ2n) is 6.90. The van der Waals surface area contributed by atoms with Gasteiger partial charge in [-0.25, -0.2) is 17.6 Å². The Kier molecular flexibility index (Phi) is 4.63. The summed E-state index contributed by atoms with van der Waals surface area (Å²) in [6.45, 7) is -0.0394. The van der Waals surface area contributed by atoms with E-state index in [4.69, 9.17) is 0 Å². The summed E-state index contributed by atoms with van der Waals surface area (Å²) in [5, 5.41) is 0. The van der Waals surface area contributed by atoms with Crippen LogP contribution in [0.3, 0.4) is 0 Å². The number of hydrogen-bond donors (Lipinski definition) is 1. The number of nitrogens with one attached hydrogen (secondary N) is 1. The molecule has 0 saturated carbocycles. The van der Waals surface area contributed by atoms with Crippen LogP contribution in [0.15, 0.2) is 36.4 Å². The number of rotatable bonds is 4. The van der Waals surface area contributed by atoms with Crippen molar-refractivity contribution in [2.45, 2.75) is 24.2 Å². The summed E-state index contributed by atoms with van der Waals surface area (Å²) in [6.07, 6.45) is 0.681. The molecular weight excluding hydrogens is 380 g/mol. The Labute approximate surface area is 157 Å². The van der Waals surface area contributed by atoms with Crippen molar-refractivity contribution >= 4 is 18.4 Å². The number of hydrogen-bond acceptors (Lipinski definition) is 3. The summed E-state index contributed by atoms with van der Waals surface area (Å²) in [6, 6.07) is 6.24. The minimum atomic E-state index is -1.55. The van der Waals surface area contributed by atoms with E-state index in [0.717, 1.165) is 18.2 Å². The summed E-state index contributed by atoms with van der Waals surface area (Å²) in [5.41, 5.74) is -1.14. The minimum absolute atomic E-state index is 0.0394. The Balaban J connectivity index is 1.68. The lowest BCUT2D eigenvalue weighted by molar-refractivity contribution is -0.119. The Morgan fingerprint density at radius 3 is 2.67 bits per heavy atom. The second-order valence-corrected chi connectivity index (χ2v) is 7.72. The zero-order valence-corrected chi connectivity index (χ0v) is 14.9. The van der Waals surface area contributed by atoms with Crippen molar-refractivity contribution in [3.8, 4) is 11.1 Å². The molecule has 2 aliphatic rings. The molecule has 2 heterocycles. The van der Waals surface area contributed by atoms with E-state index in [1.54, 1.807) is 6.07 Å². The van der Waals surface area contributed by atoms with Crippen LogP contribution in [0.4, 0.5) is 17.6 Å². The minimum Gasteiger partial charge on any atom is -0.337 e. The predicted octanol–water partition coefficient (Wildman–Crippen LogP) is 3.48. The van der Waals surface area contributed by atoms with Gasteiger partial charge >= 0.3 is 0 Å². The highest BCUT2D eigenvalue weighted by molar-refractivity contribution is 7.97. The van der Waals surface area contributed by atoms with Gasteiger partial charge < -0.3 is 4.90 Å². The van der Waals surface area contributed by atoms with Crippen LogP contribution in [-0.2, 0) is 11.2 Å². The topological polar surface area (TPSA) is 32.3 Å². The van der Waals surface area contributed by atoms with E-state index in [2.05, 4.69) is 4.72 Å². The van der Waals surface area contributed by atoms with Gasteiger partial charge in [-0.2, -0.15) is 0 Å². The van der Waals surface area contributed by atoms with Gasteiger partial charge in [0.25, 0.3) is 0 Å². The molecule has 2 aliphatic heterocycles. The van der Waals surface area contributed by atoms with E-state index in [-0.39, 0.29) is 35.4 Å². The average molecular weight is 396 g/mol. The van der Waals surface area contributed by atoms with Gasteiger partial charge in [0.15, 0.2) is 5.67 Å². The lowest BCUT2D eigenvalue weighted by Crippen LogP contribution is -2.44. The first kappa shape index (κ1) is 18.3. The number of likely N-dealkylation sites (tertiary alicyclic amines) is 1. The van der Waals surface area contributed by atoms with Gasteiger partial charge in [0.2, 0.25) is 6.41 Å². The van der Waals surface area contributed by atoms with E-state index < -0.39 is 35.2 Å². The van der Waals surface area contributed by atoms with Gasteiger partial charge in [0.1, 0.15) is 17.5 Å². The van der Waals surface area contributed by atoms with Gasteiger partial charge in [-0.1, -0.05) is 30.1 Å². The summed E-state index contributed by atoms with van der Waals surface area (Å²) in [5.74, 6) is -2.00. The fourth-order valence-electron chi connectivity index (χ4n) is 3.87. The lowest BCUT2D eigenvalue weighted by Gasteiger charge is -2.24. The van der Waals surface area contributed by atoms with E-state index in [1.807, 2.05) is 0 Å². The first-order valence-corrected chi connectivity index (χ1v) is 9.41. The second kappa shape index (κ2) is 6.83. The molecule has 27 heavy (non-hydrogen) atoms. The molecule has 0 radical (unpaired) electrons. The molecule has 142 valence electrons. The van der Waals surface area contributed by atoms with E-state index in [9.17, 15) is 18.0 Å². The van der Waals surface area contributed by atoms with Gasteiger partial charge in [0, 0.05) is 17.4 Å². The third kappa shape index (κ3) is 3.21. The molecule has 1 amide bonds. The Hall–Kier alpha value is -2.06. The number of amides is 1. The molecule has 3 unspecified atom stereocenters. The number of carbonyl (C=O) groups is 1. The highest BCUT2D eigenvalue weighted by Crippen LogP contribution is 2.40. The van der Waals surface area contributed by atoms with Crippen LogP contribution in [-0.4, -0.2) is 41.4 Å². The SMILES string of the molecule is O=CN1CC2(F)CSNC2C1Cc1cccc(-c2cc(F)cc(F)c2)c1F. The maximum absolute atomic E-state index is 15.1. The first-order chi connectivity index (χ1) is 12.9. The summed E-state index contributed by atoms with van der Waals surface area (Å²) in [4.78, 5) is 12.7. The fraction of sp³-hybridized carbons (Fsp3) is 0.316. The molecule has 0 bridgehead atoms. The number of benzene rings is 2. The molecule has 2 aromatic rings. The Morgan fingerprint density at radius 2 is 1.96 bits per heavy atom. The summed E-state index contributed by atoms with van der Waals surface area (Å²) in [7, 11) is 0. The molecule has 3 atom stereocenters. The van der Waals surface area contributed by atoms with Crippen LogP contribution in [0.2, 0.25) is 0 Å². The monoisotopic (exact) mass is 396 g/mol. The van der Waals surface area contributed by atoms with Gasteiger partial charge in [0.05, 0.1) is 18.6 Å². The standard InChI is InChI=1S/C19H16F4N2OS/c20-13-4-12(5-14(21)7-13)15-3-1-2-11(17(15)22)6-16-18-19(23,9-27-24-18)8-25(16)10-26/h1-5,7,10,16,18,24H,6,8-9H2. The molecule has 0 aromatic heterocycles. The van der Waals surface area contributed by atoms with E-state index >= 15 is 4.39 Å². The number of carbonyl (C=O) groups excluding carboxylic acids is 1. The van der Waals surface area contributed by atoms with Crippen molar-refractivity contribution in [2.24, 2.45) is 0 Å². The molecule has 1 N–H and O–H groups in total. The molecular formula is C19H16F4N2OS. The van der Waals surface area contributed by atoms with Crippen LogP contribution in [0, 0.1) is 17.5 Å². The zero-order valence-electron chi connectivity index (χ0n) is 14.1. The number of nitrogens with zero attached hydrogens (tertiary/aromatic N) is 1. The Bertz CT molecular complexity index is 876. The molecule has 2 saturated heterocycles. The van der Waals surface area contributed by atoms with Crippen LogP contribution in [0.1, 0.15) is 5.56 Å². The van der Waals surface area contributed by atoms with Crippen LogP contribution in [0.5, 0.6) is 0 Å². The number of halogens is 4. The van der Waals surface area contributed by atoms with Crippen molar-refractivity contribution < 1.29 is 22.4 Å². The normalized spacial score (nSPS) is 27.0. The largest absolute Gasteiger partial charge is 0.337 e. The van der Waals surface area contributed by atoms with Crippen molar-refractivity contribution in [3.05, 3.63) is 59.4 Å². The molecule has 0 aliphatic carbocycles. The molecule has 0 spiro atoms. The quantitative estimate of drug-likeness (QED) is 0.488. The molecule has 2 aromatic carbocycles. The van der Waals surface area contributed by atoms with Crippen LogP contribution >= 0.6 is 11.9 Å². The summed E-state index contributed by atoms with van der Waals surface area (Å²) >= 11 is 1.25. The van der Waals surface area contributed by atoms with Crippen molar-refractivity contribution in [1.29, 1.82) is 0 Å². The van der Waals surface area contributed by atoms with Gasteiger partial charge in [-0.3, -0.25) is 9.52 Å². The molecule has 4 rings (SSSR count). The first-order valence-electron chi connectivity index (χ1n) is 8.42. The van der Waals surface area contributed by atoms with Crippen LogP contribution < -0.4 is 4.72 Å². The third-order valence-corrected chi connectivity index (χ3v) is 6.20. The summed E-state index contributed by atoms with van der Waals surface area (Å²) < 4.78 is 60.0. The molecule has 3 nitrogen and oxygen atoms in total. The van der Waals surface area contributed by atoms with Crippen molar-refractivity contribution in [3.63, 3.8) is 0 Å². The van der Waals surface area contributed by atoms with Crippen molar-refractivity contribution in [2.75, 3.05) is 12.3 Å². The molecule has 8 heteroatoms. The third-order valence-electron chi connectivity index (χ3n) is 5.15. The zero-order chi connectivity index (χ0) is 19.2. The smallest absolute Gasteiger partial charge is 0.210 e. The average Bonchev–Trinajstić information content (AvgIpc) is 3.10. The van der Waals surface area contributed by atoms with Crippen LogP contribution in [0.25, 0.3) is 11.1 Å². The van der Waals surface area contributed by atoms with E-state index in [1.165, 1.54) is 29.0 Å². The fourth-order valence-corrected chi connectivity index (χ4v) is 5.01. The van der Waals surface area contributed by atoms with Gasteiger partial charge in [-0.05, 0) is 29.7 Å².